The number of benzene rings is 2. The second kappa shape index (κ2) is 3.45. The van der Waals surface area contributed by atoms with Crippen molar-refractivity contribution in [1.29, 1.82) is 5.41 Å². The molecule has 1 aliphatic carbocycles. The number of hydrogen-bond donors (Lipinski definition) is 4. The highest BCUT2D eigenvalue weighted by atomic mass is 16.3. The normalized spacial score (nSPS) is 11.8. The number of nitrogens with one attached hydrogen (secondary N) is 3. The van der Waals surface area contributed by atoms with E-state index in [4.69, 9.17) is 5.41 Å². The zero-order valence-electron chi connectivity index (χ0n) is 10.4. The Morgan fingerprint density at radius 3 is 2.38 bits per heavy atom. The first kappa shape index (κ1) is 11.6. The molecule has 0 amide bonds. The van der Waals surface area contributed by atoms with Crippen LogP contribution in [-0.4, -0.2) is 15.1 Å². The molecular formula is C14H7N3O4. The van der Waals surface area contributed by atoms with Gasteiger partial charge in [0.2, 0.25) is 0 Å². The first-order valence-electron chi connectivity index (χ1n) is 6.07. The maximum absolute atomic E-state index is 12.0. The minimum absolute atomic E-state index is 0.0471. The van der Waals surface area contributed by atoms with Crippen LogP contribution in [0.2, 0.25) is 0 Å². The summed E-state index contributed by atoms with van der Waals surface area (Å²) in [6.45, 7) is 0. The third-order valence-electron chi connectivity index (χ3n) is 3.71. The van der Waals surface area contributed by atoms with Crippen LogP contribution < -0.4 is 22.0 Å². The van der Waals surface area contributed by atoms with Gasteiger partial charge >= 0.3 is 0 Å². The maximum Gasteiger partial charge on any atom is 0.260 e. The SMILES string of the molecule is N=c1cc2c(=O)[nH]c(=O)c3ccc4c(O)[nH]c(=O)c1c4c3-2. The number of rotatable bonds is 0. The topological polar surface area (TPSA) is 127 Å². The quantitative estimate of drug-likeness (QED) is 0.335. The third-order valence-corrected chi connectivity index (χ3v) is 3.71. The first-order valence-corrected chi connectivity index (χ1v) is 6.07. The lowest BCUT2D eigenvalue weighted by Crippen LogP contribution is -2.26. The molecule has 4 N–H and O–H groups in total. The summed E-state index contributed by atoms with van der Waals surface area (Å²) in [5.41, 5.74) is -1.36. The zero-order chi connectivity index (χ0) is 14.9. The van der Waals surface area contributed by atoms with Crippen molar-refractivity contribution < 1.29 is 5.11 Å². The summed E-state index contributed by atoms with van der Waals surface area (Å²) < 4.78 is 0. The Labute approximate surface area is 114 Å². The Kier molecular flexibility index (Phi) is 1.91. The van der Waals surface area contributed by atoms with E-state index in [2.05, 4.69) is 9.97 Å². The van der Waals surface area contributed by atoms with Gasteiger partial charge in [-0.25, -0.2) is 0 Å². The molecule has 2 heterocycles. The minimum Gasteiger partial charge on any atom is -0.494 e. The van der Waals surface area contributed by atoms with Gasteiger partial charge in [-0.1, -0.05) is 0 Å². The minimum atomic E-state index is -0.632. The molecule has 1 aliphatic heterocycles. The van der Waals surface area contributed by atoms with Gasteiger partial charge in [0, 0.05) is 21.7 Å². The molecule has 0 radical (unpaired) electrons. The summed E-state index contributed by atoms with van der Waals surface area (Å²) >= 11 is 0. The van der Waals surface area contributed by atoms with Gasteiger partial charge in [0.15, 0.2) is 5.88 Å². The van der Waals surface area contributed by atoms with E-state index in [1.54, 1.807) is 0 Å². The smallest absolute Gasteiger partial charge is 0.260 e. The Morgan fingerprint density at radius 1 is 0.905 bits per heavy atom. The second-order valence-corrected chi connectivity index (χ2v) is 4.84. The van der Waals surface area contributed by atoms with E-state index in [1.165, 1.54) is 18.2 Å². The van der Waals surface area contributed by atoms with Crippen LogP contribution in [0.4, 0.5) is 0 Å². The molecule has 0 unspecified atom stereocenters. The summed E-state index contributed by atoms with van der Waals surface area (Å²) in [6.07, 6.45) is 0. The van der Waals surface area contributed by atoms with Crippen molar-refractivity contribution in [2.24, 2.45) is 0 Å². The largest absolute Gasteiger partial charge is 0.494 e. The van der Waals surface area contributed by atoms with Gasteiger partial charge < -0.3 is 10.5 Å². The van der Waals surface area contributed by atoms with Gasteiger partial charge in [-0.15, -0.1) is 0 Å². The van der Waals surface area contributed by atoms with Crippen LogP contribution in [0.1, 0.15) is 0 Å². The highest BCUT2D eigenvalue weighted by Crippen LogP contribution is 2.35. The molecule has 0 spiro atoms. The van der Waals surface area contributed by atoms with Crippen LogP contribution >= 0.6 is 0 Å². The van der Waals surface area contributed by atoms with Gasteiger partial charge in [-0.2, -0.15) is 0 Å². The zero-order valence-corrected chi connectivity index (χ0v) is 10.4. The molecular weight excluding hydrogens is 274 g/mol. The van der Waals surface area contributed by atoms with Crippen molar-refractivity contribution >= 4 is 21.5 Å². The molecule has 1 aromatic carbocycles. The predicted molar refractivity (Wildman–Crippen MR) is 75.5 cm³/mol. The molecule has 1 aromatic heterocycles. The Morgan fingerprint density at radius 2 is 1.62 bits per heavy atom. The van der Waals surface area contributed by atoms with Gasteiger partial charge in [0.25, 0.3) is 16.7 Å². The van der Waals surface area contributed by atoms with Crippen LogP contribution in [-0.2, 0) is 0 Å². The molecule has 0 saturated heterocycles. The van der Waals surface area contributed by atoms with Crippen molar-refractivity contribution in [1.82, 2.24) is 9.97 Å². The first-order chi connectivity index (χ1) is 9.99. The lowest BCUT2D eigenvalue weighted by Gasteiger charge is -2.13. The number of aromatic nitrogens is 2. The van der Waals surface area contributed by atoms with E-state index in [0.717, 1.165) is 0 Å². The summed E-state index contributed by atoms with van der Waals surface area (Å²) in [6, 6.07) is 4.22. The maximum atomic E-state index is 12.0. The monoisotopic (exact) mass is 281 g/mol. The standard InChI is InChI=1S/C14H7N3O4/c15-7-3-6-8-4(11(18)16-13(6)20)1-2-5-9(8)10(7)14(21)17-12(5)19/h1-3,15H,(H,16,18,20)(H2,17,19,21). The van der Waals surface area contributed by atoms with E-state index in [9.17, 15) is 19.5 Å². The number of pyridine rings is 2. The fraction of sp³-hybridized carbons (Fsp3) is 0. The molecule has 0 saturated carbocycles. The van der Waals surface area contributed by atoms with E-state index < -0.39 is 16.7 Å². The molecule has 7 nitrogen and oxygen atoms in total. The third kappa shape index (κ3) is 1.27. The van der Waals surface area contributed by atoms with Gasteiger partial charge in [-0.05, 0) is 18.2 Å². The Balaban J connectivity index is 2.60. The number of H-pyrrole nitrogens is 2. The van der Waals surface area contributed by atoms with Crippen LogP contribution in [0.3, 0.4) is 0 Å². The fourth-order valence-electron chi connectivity index (χ4n) is 2.84. The molecule has 4 rings (SSSR count). The fourth-order valence-corrected chi connectivity index (χ4v) is 2.84. The molecule has 7 heteroatoms. The molecule has 102 valence electrons. The summed E-state index contributed by atoms with van der Waals surface area (Å²) in [7, 11) is 0. The molecule has 0 fully saturated rings. The van der Waals surface area contributed by atoms with Crippen LogP contribution in [0.25, 0.3) is 32.7 Å². The van der Waals surface area contributed by atoms with E-state index >= 15 is 0 Å². The molecule has 21 heavy (non-hydrogen) atoms. The Hall–Kier alpha value is -3.22. The molecule has 0 bridgehead atoms. The van der Waals surface area contributed by atoms with Crippen molar-refractivity contribution in [3.63, 3.8) is 0 Å². The molecule has 2 aromatic rings. The van der Waals surface area contributed by atoms with Crippen LogP contribution in [0.15, 0.2) is 32.6 Å². The second-order valence-electron chi connectivity index (χ2n) is 4.84. The van der Waals surface area contributed by atoms with Crippen molar-refractivity contribution in [2.45, 2.75) is 0 Å². The van der Waals surface area contributed by atoms with E-state index in [0.29, 0.717) is 10.9 Å². The molecule has 0 atom stereocenters. The van der Waals surface area contributed by atoms with Crippen LogP contribution in [0, 0.1) is 5.41 Å². The number of aromatic hydroxyl groups is 1. The lowest BCUT2D eigenvalue weighted by molar-refractivity contribution is 0.459. The summed E-state index contributed by atoms with van der Waals surface area (Å²) in [5.74, 6) is -0.353. The number of hydrogen-bond acceptors (Lipinski definition) is 5. The van der Waals surface area contributed by atoms with E-state index in [1.807, 2.05) is 0 Å². The summed E-state index contributed by atoms with van der Waals surface area (Å²) in [4.78, 5) is 40.3. The molecule has 2 aliphatic rings. The average Bonchev–Trinajstić information content (AvgIpc) is 2.42. The van der Waals surface area contributed by atoms with Gasteiger partial charge in [0.05, 0.1) is 16.3 Å². The van der Waals surface area contributed by atoms with Crippen molar-refractivity contribution in [2.75, 3.05) is 0 Å². The van der Waals surface area contributed by atoms with Crippen molar-refractivity contribution in [3.05, 3.63) is 54.6 Å². The highest BCUT2D eigenvalue weighted by molar-refractivity contribution is 6.15. The average molecular weight is 281 g/mol. The van der Waals surface area contributed by atoms with Crippen molar-refractivity contribution in [3.8, 4) is 17.0 Å². The predicted octanol–water partition coefficient (Wildman–Crippen LogP) is -0.105. The lowest BCUT2D eigenvalue weighted by atomic mass is 9.91. The van der Waals surface area contributed by atoms with Gasteiger partial charge in [-0.3, -0.25) is 24.4 Å². The number of aromatic amines is 2. The Bertz CT molecular complexity index is 1220. The van der Waals surface area contributed by atoms with E-state index in [-0.39, 0.29) is 33.0 Å². The highest BCUT2D eigenvalue weighted by Gasteiger charge is 2.22. The van der Waals surface area contributed by atoms with Gasteiger partial charge in [0.1, 0.15) is 0 Å². The summed E-state index contributed by atoms with van der Waals surface area (Å²) in [5, 5.41) is 18.5. The van der Waals surface area contributed by atoms with Crippen LogP contribution in [0.5, 0.6) is 5.88 Å².